The van der Waals surface area contributed by atoms with E-state index >= 15 is 0 Å². The molecule has 0 bridgehead atoms. The number of carbonyl (C=O) groups excluding carboxylic acids is 1. The maximum Gasteiger partial charge on any atom is 0.275 e. The van der Waals surface area contributed by atoms with E-state index < -0.39 is 11.2 Å². The summed E-state index contributed by atoms with van der Waals surface area (Å²) in [5.41, 5.74) is 0.468. The number of fused-ring (bicyclic) bond motifs is 1. The Balaban J connectivity index is 1.71. The van der Waals surface area contributed by atoms with Crippen LogP contribution in [0.5, 0.6) is 5.75 Å². The molecule has 0 radical (unpaired) electrons. The third kappa shape index (κ3) is 3.85. The number of carbonyl (C=O) groups is 1. The number of rotatable bonds is 5. The summed E-state index contributed by atoms with van der Waals surface area (Å²) in [4.78, 5) is 27.6. The standard InChI is InChI=1S/C22H23FN4O3S/c1-4-15-10-26-11-16(19(28)20(29)18(26)22(30)27(15)12(2)3)21-25-24-17(31-21)9-13-5-7-14(23)8-6-13/h5-8,11-12,15,29H,4,9-10H2,1-3H3/t15-/m0/s1. The number of benzene rings is 1. The summed E-state index contributed by atoms with van der Waals surface area (Å²) in [7, 11) is 0. The van der Waals surface area contributed by atoms with Crippen molar-refractivity contribution in [3.63, 3.8) is 0 Å². The van der Waals surface area contributed by atoms with Crippen molar-refractivity contribution in [3.8, 4) is 16.3 Å². The first-order valence-electron chi connectivity index (χ1n) is 10.2. The SMILES string of the molecule is CC[C@H]1Cn2cc(-c3nnc(Cc4ccc(F)cc4)s3)c(=O)c(O)c2C(=O)N1C(C)C. The Morgan fingerprint density at radius 2 is 1.94 bits per heavy atom. The molecule has 0 spiro atoms. The molecule has 4 rings (SSSR count). The lowest BCUT2D eigenvalue weighted by atomic mass is 10.0. The van der Waals surface area contributed by atoms with Crippen molar-refractivity contribution in [3.05, 3.63) is 62.8 Å². The first kappa shape index (κ1) is 21.2. The summed E-state index contributed by atoms with van der Waals surface area (Å²) < 4.78 is 14.8. The van der Waals surface area contributed by atoms with Crippen molar-refractivity contribution in [2.24, 2.45) is 0 Å². The summed E-state index contributed by atoms with van der Waals surface area (Å²) in [6, 6.07) is 6.04. The number of hydrogen-bond acceptors (Lipinski definition) is 6. The molecule has 7 nitrogen and oxygen atoms in total. The van der Waals surface area contributed by atoms with Crippen molar-refractivity contribution in [1.29, 1.82) is 0 Å². The van der Waals surface area contributed by atoms with Gasteiger partial charge in [0, 0.05) is 31.2 Å². The summed E-state index contributed by atoms with van der Waals surface area (Å²) in [6.45, 7) is 6.33. The molecule has 0 saturated heterocycles. The molecule has 1 aromatic carbocycles. The van der Waals surface area contributed by atoms with Gasteiger partial charge < -0.3 is 14.6 Å². The molecule has 1 aliphatic rings. The highest BCUT2D eigenvalue weighted by atomic mass is 32.1. The van der Waals surface area contributed by atoms with Crippen LogP contribution in [0.2, 0.25) is 0 Å². The van der Waals surface area contributed by atoms with Gasteiger partial charge in [-0.05, 0) is 38.0 Å². The first-order chi connectivity index (χ1) is 14.8. The molecule has 1 atom stereocenters. The molecular formula is C22H23FN4O3S. The Morgan fingerprint density at radius 1 is 1.23 bits per heavy atom. The van der Waals surface area contributed by atoms with E-state index in [0.29, 0.717) is 23.0 Å². The molecule has 1 N–H and O–H groups in total. The summed E-state index contributed by atoms with van der Waals surface area (Å²) >= 11 is 1.24. The molecule has 0 fully saturated rings. The molecule has 9 heteroatoms. The van der Waals surface area contributed by atoms with E-state index in [0.717, 1.165) is 12.0 Å². The predicted molar refractivity (Wildman–Crippen MR) is 116 cm³/mol. The number of aromatic nitrogens is 3. The summed E-state index contributed by atoms with van der Waals surface area (Å²) in [5.74, 6) is -1.21. The van der Waals surface area contributed by atoms with Crippen molar-refractivity contribution in [2.75, 3.05) is 0 Å². The molecule has 1 amide bonds. The zero-order valence-electron chi connectivity index (χ0n) is 17.5. The monoisotopic (exact) mass is 442 g/mol. The zero-order valence-corrected chi connectivity index (χ0v) is 18.3. The quantitative estimate of drug-likeness (QED) is 0.654. The number of aromatic hydroxyl groups is 1. The van der Waals surface area contributed by atoms with Gasteiger partial charge in [-0.1, -0.05) is 30.4 Å². The van der Waals surface area contributed by atoms with Gasteiger partial charge in [0.2, 0.25) is 5.43 Å². The Hall–Kier alpha value is -3.07. The second kappa shape index (κ2) is 8.22. The minimum Gasteiger partial charge on any atom is -0.503 e. The normalized spacial score (nSPS) is 16.1. The molecule has 0 saturated carbocycles. The van der Waals surface area contributed by atoms with Crippen LogP contribution in [0.15, 0.2) is 35.3 Å². The Labute approximate surface area is 182 Å². The van der Waals surface area contributed by atoms with Crippen molar-refractivity contribution >= 4 is 17.2 Å². The van der Waals surface area contributed by atoms with Crippen LogP contribution in [0.25, 0.3) is 10.6 Å². The third-order valence-corrected chi connectivity index (χ3v) is 6.44. The van der Waals surface area contributed by atoms with Gasteiger partial charge in [-0.2, -0.15) is 0 Å². The Morgan fingerprint density at radius 3 is 2.58 bits per heavy atom. The molecule has 31 heavy (non-hydrogen) atoms. The van der Waals surface area contributed by atoms with Crippen molar-refractivity contribution in [1.82, 2.24) is 19.7 Å². The van der Waals surface area contributed by atoms with Crippen LogP contribution in [0.1, 0.15) is 48.3 Å². The highest BCUT2D eigenvalue weighted by molar-refractivity contribution is 7.14. The lowest BCUT2D eigenvalue weighted by Gasteiger charge is -2.40. The van der Waals surface area contributed by atoms with E-state index in [1.54, 1.807) is 27.8 Å². The second-order valence-electron chi connectivity index (χ2n) is 7.89. The molecule has 1 aliphatic heterocycles. The number of halogens is 1. The van der Waals surface area contributed by atoms with Crippen LogP contribution in [0.3, 0.4) is 0 Å². The minimum atomic E-state index is -0.636. The van der Waals surface area contributed by atoms with E-state index in [-0.39, 0.29) is 35.1 Å². The van der Waals surface area contributed by atoms with Gasteiger partial charge in [0.25, 0.3) is 5.91 Å². The fraction of sp³-hybridized carbons (Fsp3) is 0.364. The number of amides is 1. The summed E-state index contributed by atoms with van der Waals surface area (Å²) in [6.07, 6.45) is 2.81. The van der Waals surface area contributed by atoms with Crippen LogP contribution in [-0.4, -0.2) is 42.8 Å². The van der Waals surface area contributed by atoms with Crippen LogP contribution >= 0.6 is 11.3 Å². The highest BCUT2D eigenvalue weighted by Gasteiger charge is 2.36. The summed E-state index contributed by atoms with van der Waals surface area (Å²) in [5, 5.41) is 19.9. The molecule has 2 aromatic heterocycles. The van der Waals surface area contributed by atoms with Crippen molar-refractivity contribution in [2.45, 2.75) is 52.2 Å². The van der Waals surface area contributed by atoms with E-state index in [1.165, 1.54) is 23.5 Å². The average molecular weight is 443 g/mol. The van der Waals surface area contributed by atoms with Gasteiger partial charge in [-0.15, -0.1) is 10.2 Å². The van der Waals surface area contributed by atoms with Gasteiger partial charge in [-0.3, -0.25) is 9.59 Å². The van der Waals surface area contributed by atoms with E-state index in [2.05, 4.69) is 10.2 Å². The number of nitrogens with zero attached hydrogens (tertiary/aromatic N) is 4. The predicted octanol–water partition coefficient (Wildman–Crippen LogP) is 3.45. The molecule has 3 heterocycles. The van der Waals surface area contributed by atoms with Crippen LogP contribution in [-0.2, 0) is 13.0 Å². The smallest absolute Gasteiger partial charge is 0.275 e. The maximum atomic E-state index is 13.1. The van der Waals surface area contributed by atoms with Gasteiger partial charge in [-0.25, -0.2) is 4.39 Å². The fourth-order valence-corrected chi connectivity index (χ4v) is 4.85. The Bertz CT molecular complexity index is 1190. The average Bonchev–Trinajstić information content (AvgIpc) is 3.19. The van der Waals surface area contributed by atoms with Crippen LogP contribution in [0.4, 0.5) is 4.39 Å². The van der Waals surface area contributed by atoms with Gasteiger partial charge in [0.1, 0.15) is 10.8 Å². The molecule has 3 aromatic rings. The molecule has 0 unspecified atom stereocenters. The van der Waals surface area contributed by atoms with E-state index in [9.17, 15) is 19.1 Å². The van der Waals surface area contributed by atoms with Crippen LogP contribution < -0.4 is 5.43 Å². The zero-order chi connectivity index (χ0) is 22.3. The number of hydrogen-bond donors (Lipinski definition) is 1. The molecular weight excluding hydrogens is 419 g/mol. The largest absolute Gasteiger partial charge is 0.503 e. The molecule has 162 valence electrons. The van der Waals surface area contributed by atoms with Gasteiger partial charge in [0.05, 0.1) is 5.56 Å². The van der Waals surface area contributed by atoms with E-state index in [1.807, 2.05) is 20.8 Å². The third-order valence-electron chi connectivity index (χ3n) is 5.49. The second-order valence-corrected chi connectivity index (χ2v) is 8.96. The lowest BCUT2D eigenvalue weighted by Crippen LogP contribution is -2.51. The van der Waals surface area contributed by atoms with Gasteiger partial charge in [0.15, 0.2) is 16.5 Å². The van der Waals surface area contributed by atoms with Gasteiger partial charge >= 0.3 is 0 Å². The minimum absolute atomic E-state index is 0.0169. The number of pyridine rings is 1. The highest BCUT2D eigenvalue weighted by Crippen LogP contribution is 2.30. The fourth-order valence-electron chi connectivity index (χ4n) is 3.97. The maximum absolute atomic E-state index is 13.1. The van der Waals surface area contributed by atoms with Crippen LogP contribution in [0, 0.1) is 5.82 Å². The Kier molecular flexibility index (Phi) is 5.62. The topological polar surface area (TPSA) is 88.3 Å². The molecule has 0 aliphatic carbocycles. The van der Waals surface area contributed by atoms with E-state index in [4.69, 9.17) is 0 Å². The lowest BCUT2D eigenvalue weighted by molar-refractivity contribution is 0.0497. The van der Waals surface area contributed by atoms with Crippen molar-refractivity contribution < 1.29 is 14.3 Å². The first-order valence-corrected chi connectivity index (χ1v) is 11.0.